The molecule has 1 saturated heterocycles. The Bertz CT molecular complexity index is 371. The molecule has 1 fully saturated rings. The molecule has 92 valence electrons. The lowest BCUT2D eigenvalue weighted by atomic mass is 10.1. The van der Waals surface area contributed by atoms with Gasteiger partial charge in [-0.25, -0.2) is 0 Å². The second-order valence-corrected chi connectivity index (χ2v) is 4.76. The highest BCUT2D eigenvalue weighted by Crippen LogP contribution is 2.09. The molecule has 0 bridgehead atoms. The van der Waals surface area contributed by atoms with Crippen molar-refractivity contribution in [2.45, 2.75) is 26.7 Å². The van der Waals surface area contributed by atoms with Gasteiger partial charge in [-0.1, -0.05) is 17.7 Å². The number of benzene rings is 1. The van der Waals surface area contributed by atoms with Crippen molar-refractivity contribution in [2.75, 3.05) is 25.1 Å². The highest BCUT2D eigenvalue weighted by molar-refractivity contribution is 5.85. The molecule has 17 heavy (non-hydrogen) atoms. The number of hydrazone groups is 1. The van der Waals surface area contributed by atoms with Crippen molar-refractivity contribution in [1.82, 2.24) is 0 Å². The molecular weight excluding hydrogens is 210 g/mol. The third-order valence-electron chi connectivity index (χ3n) is 3.43. The van der Waals surface area contributed by atoms with Crippen molar-refractivity contribution in [3.8, 4) is 0 Å². The summed E-state index contributed by atoms with van der Waals surface area (Å²) in [4.78, 5) is 1.69. The van der Waals surface area contributed by atoms with Crippen LogP contribution in [0.1, 0.15) is 25.3 Å². The van der Waals surface area contributed by atoms with Crippen molar-refractivity contribution in [2.24, 2.45) is 5.10 Å². The van der Waals surface area contributed by atoms with Crippen molar-refractivity contribution in [1.29, 1.82) is 0 Å². The number of hydrogen-bond acceptors (Lipinski definition) is 2. The van der Waals surface area contributed by atoms with Crippen LogP contribution >= 0.6 is 0 Å². The van der Waals surface area contributed by atoms with Gasteiger partial charge in [0.05, 0.1) is 25.3 Å². The van der Waals surface area contributed by atoms with Crippen LogP contribution in [0, 0.1) is 6.92 Å². The van der Waals surface area contributed by atoms with Gasteiger partial charge in [-0.15, -0.1) is 0 Å². The second-order valence-electron chi connectivity index (χ2n) is 4.76. The summed E-state index contributed by atoms with van der Waals surface area (Å²) in [6.45, 7) is 8.04. The largest absolute Gasteiger partial charge is 0.335 e. The van der Waals surface area contributed by atoms with Gasteiger partial charge in [-0.2, -0.15) is 5.10 Å². The van der Waals surface area contributed by atoms with E-state index < -0.39 is 0 Å². The van der Waals surface area contributed by atoms with E-state index >= 15 is 0 Å². The first-order valence-corrected chi connectivity index (χ1v) is 6.49. The van der Waals surface area contributed by atoms with Crippen LogP contribution < -0.4 is 10.3 Å². The summed E-state index contributed by atoms with van der Waals surface area (Å²) >= 11 is 0. The molecule has 1 aromatic carbocycles. The van der Waals surface area contributed by atoms with E-state index in [1.807, 2.05) is 0 Å². The van der Waals surface area contributed by atoms with E-state index in [0.717, 1.165) is 18.5 Å². The molecular formula is C14H22N3+. The van der Waals surface area contributed by atoms with Gasteiger partial charge in [-0.3, -0.25) is 5.43 Å². The molecule has 2 rings (SSSR count). The van der Waals surface area contributed by atoms with E-state index in [9.17, 15) is 0 Å². The minimum atomic E-state index is 1.08. The average molecular weight is 232 g/mol. The van der Waals surface area contributed by atoms with Crippen LogP contribution in [0.25, 0.3) is 0 Å². The first-order chi connectivity index (χ1) is 8.28. The van der Waals surface area contributed by atoms with Gasteiger partial charge in [0.1, 0.15) is 0 Å². The lowest BCUT2D eigenvalue weighted by Gasteiger charge is -2.23. The van der Waals surface area contributed by atoms with E-state index in [-0.39, 0.29) is 0 Å². The Kier molecular flexibility index (Phi) is 4.15. The van der Waals surface area contributed by atoms with Crippen LogP contribution in [0.5, 0.6) is 0 Å². The predicted octanol–water partition coefficient (Wildman–Crippen LogP) is 1.46. The molecule has 1 heterocycles. The number of hydrogen-bond donors (Lipinski definition) is 2. The van der Waals surface area contributed by atoms with Crippen LogP contribution in [0.4, 0.5) is 5.69 Å². The number of nitrogens with one attached hydrogen (secondary N) is 2. The van der Waals surface area contributed by atoms with Gasteiger partial charge in [0.25, 0.3) is 0 Å². The predicted molar refractivity (Wildman–Crippen MR) is 72.7 cm³/mol. The molecule has 0 amide bonds. The quantitative estimate of drug-likeness (QED) is 0.759. The van der Waals surface area contributed by atoms with E-state index in [4.69, 9.17) is 0 Å². The summed E-state index contributed by atoms with van der Waals surface area (Å²) in [5.41, 5.74) is 6.82. The number of piperidine rings is 1. The molecule has 0 radical (unpaired) electrons. The van der Waals surface area contributed by atoms with Crippen LogP contribution in [0.2, 0.25) is 0 Å². The minimum absolute atomic E-state index is 1.08. The maximum atomic E-state index is 4.51. The summed E-state index contributed by atoms with van der Waals surface area (Å²) < 4.78 is 0. The Balaban J connectivity index is 1.87. The highest BCUT2D eigenvalue weighted by atomic mass is 15.3. The number of anilines is 1. The molecule has 0 aliphatic carbocycles. The van der Waals surface area contributed by atoms with Gasteiger partial charge in [-0.05, 0) is 26.0 Å². The van der Waals surface area contributed by atoms with Gasteiger partial charge in [0, 0.05) is 18.6 Å². The fourth-order valence-electron chi connectivity index (χ4n) is 2.13. The van der Waals surface area contributed by atoms with Crippen molar-refractivity contribution in [3.63, 3.8) is 0 Å². The molecule has 0 saturated carbocycles. The zero-order chi connectivity index (χ0) is 12.1. The van der Waals surface area contributed by atoms with Crippen molar-refractivity contribution in [3.05, 3.63) is 29.8 Å². The maximum Gasteiger partial charge on any atom is 0.0824 e. The number of rotatable bonds is 3. The Labute approximate surface area is 104 Å². The number of likely N-dealkylation sites (tertiary alicyclic amines) is 1. The van der Waals surface area contributed by atoms with Crippen LogP contribution in [0.15, 0.2) is 29.4 Å². The lowest BCUT2D eigenvalue weighted by Crippen LogP contribution is -3.12. The zero-order valence-electron chi connectivity index (χ0n) is 10.8. The highest BCUT2D eigenvalue weighted by Gasteiger charge is 2.16. The lowest BCUT2D eigenvalue weighted by molar-refractivity contribution is -0.899. The first-order valence-electron chi connectivity index (χ1n) is 6.49. The van der Waals surface area contributed by atoms with Gasteiger partial charge in [0.15, 0.2) is 0 Å². The Morgan fingerprint density at radius 1 is 1.18 bits per heavy atom. The molecule has 0 spiro atoms. The normalized spacial score (nSPS) is 20.1. The molecule has 0 unspecified atom stereocenters. The number of aryl methyl sites for hydroxylation is 1. The van der Waals surface area contributed by atoms with Gasteiger partial charge in [0.2, 0.25) is 0 Å². The molecule has 1 aliphatic heterocycles. The van der Waals surface area contributed by atoms with Crippen LogP contribution in [0.3, 0.4) is 0 Å². The molecule has 2 N–H and O–H groups in total. The summed E-state index contributed by atoms with van der Waals surface area (Å²) in [6.07, 6.45) is 2.25. The minimum Gasteiger partial charge on any atom is -0.335 e. The maximum absolute atomic E-state index is 4.51. The molecule has 3 nitrogen and oxygen atoms in total. The van der Waals surface area contributed by atoms with Crippen LogP contribution in [-0.2, 0) is 0 Å². The molecule has 1 aromatic rings. The molecule has 3 heteroatoms. The zero-order valence-corrected chi connectivity index (χ0v) is 10.8. The number of quaternary nitrogens is 1. The standard InChI is InChI=1S/C14H21N3/c1-3-17-10-8-14(9-11-17)16-15-13-6-4-12(2)5-7-13/h4-7,15H,3,8-11H2,1-2H3/p+1. The van der Waals surface area contributed by atoms with E-state index in [1.165, 1.54) is 30.9 Å². The Morgan fingerprint density at radius 3 is 2.41 bits per heavy atom. The SMILES string of the molecule is CC[NH+]1CCC(=NNc2ccc(C)cc2)CC1. The number of nitrogens with zero attached hydrogens (tertiary/aromatic N) is 1. The van der Waals surface area contributed by atoms with Gasteiger partial charge >= 0.3 is 0 Å². The molecule has 1 aliphatic rings. The first kappa shape index (κ1) is 12.1. The van der Waals surface area contributed by atoms with Gasteiger partial charge < -0.3 is 4.90 Å². The summed E-state index contributed by atoms with van der Waals surface area (Å²) in [5, 5.41) is 4.51. The van der Waals surface area contributed by atoms with E-state index in [1.54, 1.807) is 4.90 Å². The smallest absolute Gasteiger partial charge is 0.0824 e. The van der Waals surface area contributed by atoms with E-state index in [0.29, 0.717) is 0 Å². The third-order valence-corrected chi connectivity index (χ3v) is 3.43. The van der Waals surface area contributed by atoms with Crippen molar-refractivity contribution >= 4 is 11.4 Å². The van der Waals surface area contributed by atoms with Crippen molar-refractivity contribution < 1.29 is 4.90 Å². The van der Waals surface area contributed by atoms with E-state index in [2.05, 4.69) is 48.6 Å². The fraction of sp³-hybridized carbons (Fsp3) is 0.500. The van der Waals surface area contributed by atoms with Crippen LogP contribution in [-0.4, -0.2) is 25.3 Å². The fourth-order valence-corrected chi connectivity index (χ4v) is 2.13. The Morgan fingerprint density at radius 2 is 1.82 bits per heavy atom. The molecule has 0 aromatic heterocycles. The molecule has 0 atom stereocenters. The second kappa shape index (κ2) is 5.82. The summed E-state index contributed by atoms with van der Waals surface area (Å²) in [7, 11) is 0. The topological polar surface area (TPSA) is 28.8 Å². The average Bonchev–Trinajstić information content (AvgIpc) is 2.39. The summed E-state index contributed by atoms with van der Waals surface area (Å²) in [5.74, 6) is 0. The Hall–Kier alpha value is -1.35. The monoisotopic (exact) mass is 232 g/mol. The third kappa shape index (κ3) is 3.56. The summed E-state index contributed by atoms with van der Waals surface area (Å²) in [6, 6.07) is 8.36.